The van der Waals surface area contributed by atoms with Gasteiger partial charge in [-0.3, -0.25) is 4.79 Å². The Hall–Kier alpha value is -2.93. The largest absolute Gasteiger partial charge is 0.497 e. The van der Waals surface area contributed by atoms with Crippen molar-refractivity contribution in [3.8, 4) is 5.75 Å². The zero-order chi connectivity index (χ0) is 18.6. The Kier molecular flexibility index (Phi) is 5.02. The van der Waals surface area contributed by atoms with Crippen LogP contribution in [0.1, 0.15) is 23.9 Å². The van der Waals surface area contributed by atoms with Crippen molar-refractivity contribution in [3.05, 3.63) is 54.0 Å². The number of pyridine rings is 1. The van der Waals surface area contributed by atoms with Gasteiger partial charge in [-0.15, -0.1) is 0 Å². The van der Waals surface area contributed by atoms with Gasteiger partial charge in [-0.1, -0.05) is 12.1 Å². The smallest absolute Gasteiger partial charge is 0.223 e. The van der Waals surface area contributed by atoms with Crippen LogP contribution in [0.25, 0.3) is 11.2 Å². The second-order valence-electron chi connectivity index (χ2n) is 6.68. The Labute approximate surface area is 157 Å². The van der Waals surface area contributed by atoms with Crippen molar-refractivity contribution in [2.24, 2.45) is 0 Å². The average Bonchev–Trinajstić information content (AvgIpc) is 3.15. The standard InChI is InChI=1S/C20H23N5O2/c1-27-15-6-4-14(5-7-15)17-13-25(12-11-21-17)19(26)9-8-18-23-16-3-2-10-22-20(16)24-18/h2-7,10,17,21H,8-9,11-13H2,1H3,(H,22,23,24). The fraction of sp³-hybridized carbons (Fsp3) is 0.350. The summed E-state index contributed by atoms with van der Waals surface area (Å²) in [7, 11) is 1.66. The number of piperazine rings is 1. The van der Waals surface area contributed by atoms with Crippen LogP contribution in [-0.4, -0.2) is 52.5 Å². The Morgan fingerprint density at radius 2 is 2.15 bits per heavy atom. The number of carbonyl (C=O) groups excluding carboxylic acids is 1. The number of carbonyl (C=O) groups is 1. The molecule has 1 aliphatic heterocycles. The monoisotopic (exact) mass is 365 g/mol. The minimum atomic E-state index is 0.143. The third-order valence-electron chi connectivity index (χ3n) is 4.93. The van der Waals surface area contributed by atoms with Crippen molar-refractivity contribution < 1.29 is 9.53 Å². The summed E-state index contributed by atoms with van der Waals surface area (Å²) >= 11 is 0. The van der Waals surface area contributed by atoms with Gasteiger partial charge >= 0.3 is 0 Å². The molecule has 27 heavy (non-hydrogen) atoms. The lowest BCUT2D eigenvalue weighted by atomic mass is 10.0. The van der Waals surface area contributed by atoms with Crippen LogP contribution in [-0.2, 0) is 11.2 Å². The average molecular weight is 365 g/mol. The summed E-state index contributed by atoms with van der Waals surface area (Å²) < 4.78 is 5.21. The summed E-state index contributed by atoms with van der Waals surface area (Å²) in [5, 5.41) is 3.49. The van der Waals surface area contributed by atoms with Gasteiger partial charge in [0.05, 0.1) is 12.6 Å². The van der Waals surface area contributed by atoms with E-state index < -0.39 is 0 Å². The van der Waals surface area contributed by atoms with Crippen molar-refractivity contribution in [1.29, 1.82) is 0 Å². The molecule has 1 aromatic carbocycles. The molecule has 1 amide bonds. The van der Waals surface area contributed by atoms with Crippen LogP contribution in [0.2, 0.25) is 0 Å². The lowest BCUT2D eigenvalue weighted by Gasteiger charge is -2.34. The number of imidazole rings is 1. The zero-order valence-electron chi connectivity index (χ0n) is 15.3. The summed E-state index contributed by atoms with van der Waals surface area (Å²) in [5.41, 5.74) is 2.76. The Balaban J connectivity index is 1.36. The van der Waals surface area contributed by atoms with Crippen molar-refractivity contribution in [1.82, 2.24) is 25.2 Å². The Bertz CT molecular complexity index is 889. The number of nitrogens with zero attached hydrogens (tertiary/aromatic N) is 3. The van der Waals surface area contributed by atoms with Crippen LogP contribution in [0, 0.1) is 0 Å². The molecule has 7 heteroatoms. The molecule has 0 bridgehead atoms. The first kappa shape index (κ1) is 17.5. The van der Waals surface area contributed by atoms with Crippen LogP contribution in [0.3, 0.4) is 0 Å². The number of benzene rings is 1. The number of aromatic amines is 1. The summed E-state index contributed by atoms with van der Waals surface area (Å²) in [6, 6.07) is 12.0. The number of H-pyrrole nitrogens is 1. The van der Waals surface area contributed by atoms with Crippen molar-refractivity contribution in [2.45, 2.75) is 18.9 Å². The number of aromatic nitrogens is 3. The fourth-order valence-electron chi connectivity index (χ4n) is 3.43. The maximum Gasteiger partial charge on any atom is 0.223 e. The minimum Gasteiger partial charge on any atom is -0.497 e. The van der Waals surface area contributed by atoms with E-state index in [4.69, 9.17) is 4.74 Å². The zero-order valence-corrected chi connectivity index (χ0v) is 15.3. The van der Waals surface area contributed by atoms with Gasteiger partial charge < -0.3 is 19.9 Å². The first-order valence-corrected chi connectivity index (χ1v) is 9.17. The lowest BCUT2D eigenvalue weighted by molar-refractivity contribution is -0.132. The second-order valence-corrected chi connectivity index (χ2v) is 6.68. The molecule has 3 heterocycles. The molecule has 2 N–H and O–H groups in total. The van der Waals surface area contributed by atoms with E-state index in [0.29, 0.717) is 25.0 Å². The highest BCUT2D eigenvalue weighted by atomic mass is 16.5. The Morgan fingerprint density at radius 1 is 1.30 bits per heavy atom. The number of amides is 1. The summed E-state index contributed by atoms with van der Waals surface area (Å²) in [4.78, 5) is 26.5. The van der Waals surface area contributed by atoms with Gasteiger partial charge in [0, 0.05) is 44.7 Å². The van der Waals surface area contributed by atoms with Gasteiger partial charge in [-0.2, -0.15) is 0 Å². The third-order valence-corrected chi connectivity index (χ3v) is 4.93. The normalized spacial score (nSPS) is 17.2. The molecule has 3 aromatic rings. The van der Waals surface area contributed by atoms with E-state index in [9.17, 15) is 4.79 Å². The highest BCUT2D eigenvalue weighted by molar-refractivity contribution is 5.77. The molecular formula is C20H23N5O2. The van der Waals surface area contributed by atoms with E-state index in [1.165, 1.54) is 0 Å². The number of hydrogen-bond acceptors (Lipinski definition) is 5. The summed E-state index contributed by atoms with van der Waals surface area (Å²) in [6.45, 7) is 2.19. The molecule has 1 saturated heterocycles. The van der Waals surface area contributed by atoms with Gasteiger partial charge in [-0.05, 0) is 29.8 Å². The molecular weight excluding hydrogens is 342 g/mol. The van der Waals surface area contributed by atoms with Crippen molar-refractivity contribution in [2.75, 3.05) is 26.7 Å². The topological polar surface area (TPSA) is 83.1 Å². The van der Waals surface area contributed by atoms with Crippen molar-refractivity contribution >= 4 is 17.1 Å². The fourth-order valence-corrected chi connectivity index (χ4v) is 3.43. The van der Waals surface area contributed by atoms with E-state index >= 15 is 0 Å². The second kappa shape index (κ2) is 7.75. The van der Waals surface area contributed by atoms with Gasteiger partial charge in [0.2, 0.25) is 5.91 Å². The lowest BCUT2D eigenvalue weighted by Crippen LogP contribution is -2.48. The molecule has 0 spiro atoms. The SMILES string of the molecule is COc1ccc(C2CN(C(=O)CCc3nc4ncccc4[nH]3)CCN2)cc1. The van der Waals surface area contributed by atoms with Gasteiger partial charge in [0.25, 0.3) is 0 Å². The number of hydrogen-bond donors (Lipinski definition) is 2. The van der Waals surface area contributed by atoms with Crippen LogP contribution in [0.5, 0.6) is 5.75 Å². The van der Waals surface area contributed by atoms with Crippen LogP contribution in [0.4, 0.5) is 0 Å². The molecule has 7 nitrogen and oxygen atoms in total. The van der Waals surface area contributed by atoms with E-state index in [-0.39, 0.29) is 11.9 Å². The van der Waals surface area contributed by atoms with Crippen LogP contribution < -0.4 is 10.1 Å². The number of methoxy groups -OCH3 is 1. The molecule has 140 valence electrons. The molecule has 0 aliphatic carbocycles. The van der Waals surface area contributed by atoms with Crippen molar-refractivity contribution in [3.63, 3.8) is 0 Å². The molecule has 0 saturated carbocycles. The Morgan fingerprint density at radius 3 is 2.93 bits per heavy atom. The number of rotatable bonds is 5. The molecule has 0 radical (unpaired) electrons. The maximum absolute atomic E-state index is 12.7. The van der Waals surface area contributed by atoms with E-state index in [0.717, 1.165) is 35.7 Å². The minimum absolute atomic E-state index is 0.143. The molecule has 1 aliphatic rings. The van der Waals surface area contributed by atoms with Gasteiger partial charge in [-0.25, -0.2) is 9.97 Å². The predicted molar refractivity (Wildman–Crippen MR) is 103 cm³/mol. The molecule has 1 atom stereocenters. The molecule has 1 fully saturated rings. The first-order chi connectivity index (χ1) is 13.2. The number of ether oxygens (including phenoxy) is 1. The van der Waals surface area contributed by atoms with Crippen LogP contribution in [0.15, 0.2) is 42.6 Å². The molecule has 1 unspecified atom stereocenters. The summed E-state index contributed by atoms with van der Waals surface area (Å²) in [5.74, 6) is 1.80. The number of aryl methyl sites for hydroxylation is 1. The highest BCUT2D eigenvalue weighted by Crippen LogP contribution is 2.21. The van der Waals surface area contributed by atoms with Gasteiger partial charge in [0.15, 0.2) is 5.65 Å². The summed E-state index contributed by atoms with van der Waals surface area (Å²) in [6.07, 6.45) is 2.75. The van der Waals surface area contributed by atoms with E-state index in [1.807, 2.05) is 41.3 Å². The molecule has 4 rings (SSSR count). The quantitative estimate of drug-likeness (QED) is 0.723. The highest BCUT2D eigenvalue weighted by Gasteiger charge is 2.24. The first-order valence-electron chi connectivity index (χ1n) is 9.17. The van der Waals surface area contributed by atoms with Crippen LogP contribution >= 0.6 is 0 Å². The number of fused-ring (bicyclic) bond motifs is 1. The van der Waals surface area contributed by atoms with E-state index in [1.54, 1.807) is 13.3 Å². The molecule has 2 aromatic heterocycles. The maximum atomic E-state index is 12.7. The predicted octanol–water partition coefficient (Wildman–Crippen LogP) is 2.07. The van der Waals surface area contributed by atoms with Gasteiger partial charge in [0.1, 0.15) is 11.6 Å². The van der Waals surface area contributed by atoms with E-state index in [2.05, 4.69) is 20.3 Å². The third kappa shape index (κ3) is 3.93. The number of nitrogens with one attached hydrogen (secondary N) is 2.